The second kappa shape index (κ2) is 6.95. The zero-order valence-electron chi connectivity index (χ0n) is 13.2. The molecule has 23 heavy (non-hydrogen) atoms. The molecule has 1 unspecified atom stereocenters. The SMILES string of the molecule is CC(C)C(NS(=O)(=O)c1ccccc1S(=O)(=O)N(C)C)C(=O)O. The van der Waals surface area contributed by atoms with Crippen LogP contribution in [-0.4, -0.2) is 52.4 Å². The summed E-state index contributed by atoms with van der Waals surface area (Å²) >= 11 is 0. The Balaban J connectivity index is 3.45. The van der Waals surface area contributed by atoms with Gasteiger partial charge in [-0.15, -0.1) is 0 Å². The molecule has 8 nitrogen and oxygen atoms in total. The molecular formula is C13H20N2O6S2. The molecule has 0 bridgehead atoms. The topological polar surface area (TPSA) is 121 Å². The molecule has 1 atom stereocenters. The monoisotopic (exact) mass is 364 g/mol. The Labute approximate surface area is 136 Å². The van der Waals surface area contributed by atoms with E-state index in [9.17, 15) is 21.6 Å². The van der Waals surface area contributed by atoms with E-state index in [4.69, 9.17) is 5.11 Å². The molecule has 0 radical (unpaired) electrons. The van der Waals surface area contributed by atoms with Crippen molar-refractivity contribution in [3.63, 3.8) is 0 Å². The van der Waals surface area contributed by atoms with Crippen LogP contribution in [0.1, 0.15) is 13.8 Å². The highest BCUT2D eigenvalue weighted by atomic mass is 32.2. The van der Waals surface area contributed by atoms with Crippen LogP contribution in [0.5, 0.6) is 0 Å². The van der Waals surface area contributed by atoms with Gasteiger partial charge in [-0.25, -0.2) is 21.1 Å². The molecule has 0 aromatic heterocycles. The van der Waals surface area contributed by atoms with Crippen LogP contribution >= 0.6 is 0 Å². The van der Waals surface area contributed by atoms with Crippen LogP contribution < -0.4 is 4.72 Å². The van der Waals surface area contributed by atoms with Gasteiger partial charge in [0.05, 0.1) is 0 Å². The van der Waals surface area contributed by atoms with Crippen LogP contribution in [0.2, 0.25) is 0 Å². The van der Waals surface area contributed by atoms with E-state index in [-0.39, 0.29) is 0 Å². The molecule has 0 saturated heterocycles. The van der Waals surface area contributed by atoms with Gasteiger partial charge in [-0.2, -0.15) is 4.72 Å². The third-order valence-corrected chi connectivity index (χ3v) is 6.61. The van der Waals surface area contributed by atoms with E-state index in [0.29, 0.717) is 0 Å². The molecule has 0 aliphatic carbocycles. The lowest BCUT2D eigenvalue weighted by Crippen LogP contribution is -2.44. The summed E-state index contributed by atoms with van der Waals surface area (Å²) in [6.07, 6.45) is 0. The van der Waals surface area contributed by atoms with Crippen molar-refractivity contribution in [1.29, 1.82) is 0 Å². The van der Waals surface area contributed by atoms with E-state index in [1.807, 2.05) is 4.72 Å². The number of hydrogen-bond donors (Lipinski definition) is 2. The summed E-state index contributed by atoms with van der Waals surface area (Å²) in [5.74, 6) is -1.85. The molecule has 10 heteroatoms. The number of benzene rings is 1. The highest BCUT2D eigenvalue weighted by Crippen LogP contribution is 2.23. The minimum absolute atomic E-state index is 0.412. The first-order chi connectivity index (χ1) is 10.4. The lowest BCUT2D eigenvalue weighted by atomic mass is 10.1. The van der Waals surface area contributed by atoms with Gasteiger partial charge >= 0.3 is 5.97 Å². The predicted octanol–water partition coefficient (Wildman–Crippen LogP) is 0.324. The van der Waals surface area contributed by atoms with E-state index in [2.05, 4.69) is 0 Å². The molecular weight excluding hydrogens is 344 g/mol. The smallest absolute Gasteiger partial charge is 0.322 e. The van der Waals surface area contributed by atoms with Crippen LogP contribution in [0, 0.1) is 5.92 Å². The third kappa shape index (κ3) is 4.28. The van der Waals surface area contributed by atoms with Crippen molar-refractivity contribution in [2.75, 3.05) is 14.1 Å². The van der Waals surface area contributed by atoms with Crippen LogP contribution in [0.15, 0.2) is 34.1 Å². The van der Waals surface area contributed by atoms with Crippen LogP contribution in [0.3, 0.4) is 0 Å². The molecule has 1 rings (SSSR count). The fourth-order valence-electron chi connectivity index (χ4n) is 1.78. The van der Waals surface area contributed by atoms with Gasteiger partial charge in [-0.1, -0.05) is 26.0 Å². The Morgan fingerprint density at radius 3 is 1.96 bits per heavy atom. The van der Waals surface area contributed by atoms with Crippen LogP contribution in [-0.2, 0) is 24.8 Å². The molecule has 0 heterocycles. The number of hydrogen-bond acceptors (Lipinski definition) is 5. The van der Waals surface area contributed by atoms with Gasteiger partial charge in [0.2, 0.25) is 20.0 Å². The van der Waals surface area contributed by atoms with E-state index in [0.717, 1.165) is 16.4 Å². The summed E-state index contributed by atoms with van der Waals surface area (Å²) < 4.78 is 52.4. The maximum absolute atomic E-state index is 12.5. The van der Waals surface area contributed by atoms with Crippen LogP contribution in [0.4, 0.5) is 0 Å². The Bertz CT molecular complexity index is 784. The molecule has 0 saturated carbocycles. The first-order valence-electron chi connectivity index (χ1n) is 6.68. The minimum atomic E-state index is -4.33. The number of nitrogens with one attached hydrogen (secondary N) is 1. The first kappa shape index (κ1) is 19.6. The second-order valence-corrected chi connectivity index (χ2v) is 9.22. The minimum Gasteiger partial charge on any atom is -0.480 e. The lowest BCUT2D eigenvalue weighted by molar-refractivity contribution is -0.140. The molecule has 2 N–H and O–H groups in total. The number of rotatable bonds is 7. The summed E-state index contributed by atoms with van der Waals surface area (Å²) in [6.45, 7) is 3.09. The van der Waals surface area contributed by atoms with Gasteiger partial charge in [0, 0.05) is 14.1 Å². The average molecular weight is 364 g/mol. The molecule has 0 spiro atoms. The Kier molecular flexibility index (Phi) is 5.91. The average Bonchev–Trinajstić information content (AvgIpc) is 2.44. The molecule has 0 aliphatic rings. The van der Waals surface area contributed by atoms with Crippen molar-refractivity contribution >= 4 is 26.0 Å². The van der Waals surface area contributed by atoms with Crippen molar-refractivity contribution in [2.45, 2.75) is 29.7 Å². The number of carboxylic acids is 1. The quantitative estimate of drug-likeness (QED) is 0.719. The fraction of sp³-hybridized carbons (Fsp3) is 0.462. The zero-order valence-corrected chi connectivity index (χ0v) is 14.8. The fourth-order valence-corrected chi connectivity index (χ4v) is 4.82. The number of sulfonamides is 2. The van der Waals surface area contributed by atoms with E-state index >= 15 is 0 Å². The summed E-state index contributed by atoms with van der Waals surface area (Å²) in [5, 5.41) is 9.12. The Morgan fingerprint density at radius 2 is 1.57 bits per heavy atom. The van der Waals surface area contributed by atoms with E-state index in [1.54, 1.807) is 13.8 Å². The third-order valence-electron chi connectivity index (χ3n) is 3.11. The highest BCUT2D eigenvalue weighted by molar-refractivity contribution is 7.92. The summed E-state index contributed by atoms with van der Waals surface area (Å²) in [4.78, 5) is 10.3. The van der Waals surface area contributed by atoms with Gasteiger partial charge < -0.3 is 5.11 Å². The molecule has 0 amide bonds. The maximum Gasteiger partial charge on any atom is 0.322 e. The maximum atomic E-state index is 12.5. The van der Waals surface area contributed by atoms with Gasteiger partial charge in [0.1, 0.15) is 15.8 Å². The molecule has 0 aliphatic heterocycles. The van der Waals surface area contributed by atoms with E-state index < -0.39 is 47.8 Å². The lowest BCUT2D eigenvalue weighted by Gasteiger charge is -2.20. The Morgan fingerprint density at radius 1 is 1.09 bits per heavy atom. The number of aliphatic carboxylic acids is 1. The molecule has 1 aromatic rings. The summed E-state index contributed by atoms with van der Waals surface area (Å²) in [7, 11) is -5.78. The van der Waals surface area contributed by atoms with Gasteiger partial charge in [0.15, 0.2) is 0 Å². The van der Waals surface area contributed by atoms with Crippen molar-refractivity contribution in [3.8, 4) is 0 Å². The van der Waals surface area contributed by atoms with Crippen molar-refractivity contribution in [1.82, 2.24) is 9.03 Å². The Hall–Kier alpha value is -1.49. The van der Waals surface area contributed by atoms with Crippen LogP contribution in [0.25, 0.3) is 0 Å². The van der Waals surface area contributed by atoms with Gasteiger partial charge in [0.25, 0.3) is 0 Å². The molecule has 0 fully saturated rings. The normalized spacial score (nSPS) is 14.2. The second-order valence-electron chi connectivity index (χ2n) is 5.42. The largest absolute Gasteiger partial charge is 0.480 e. The van der Waals surface area contributed by atoms with E-state index in [1.165, 1.54) is 26.2 Å². The first-order valence-corrected chi connectivity index (χ1v) is 9.60. The number of carboxylic acid groups (broad SMARTS) is 1. The highest BCUT2D eigenvalue weighted by Gasteiger charge is 2.32. The zero-order chi connectivity index (χ0) is 18.0. The molecule has 130 valence electrons. The van der Waals surface area contributed by atoms with Crippen molar-refractivity contribution < 1.29 is 26.7 Å². The predicted molar refractivity (Wildman–Crippen MR) is 83.9 cm³/mol. The van der Waals surface area contributed by atoms with Crippen molar-refractivity contribution in [3.05, 3.63) is 24.3 Å². The summed E-state index contributed by atoms with van der Waals surface area (Å²) in [5.41, 5.74) is 0. The standard InChI is InChI=1S/C13H20N2O6S2/c1-9(2)12(13(16)17)14-22(18,19)10-7-5-6-8-11(10)23(20,21)15(3)4/h5-9,12,14H,1-4H3,(H,16,17). The number of nitrogens with zero attached hydrogens (tertiary/aromatic N) is 1. The summed E-state index contributed by atoms with van der Waals surface area (Å²) in [6, 6.07) is 3.68. The number of carbonyl (C=O) groups is 1. The van der Waals surface area contributed by atoms with Crippen molar-refractivity contribution in [2.24, 2.45) is 5.92 Å². The molecule has 1 aromatic carbocycles. The van der Waals surface area contributed by atoms with Gasteiger partial charge in [-0.3, -0.25) is 4.79 Å². The van der Waals surface area contributed by atoms with Gasteiger partial charge in [-0.05, 0) is 18.1 Å².